The minimum absolute atomic E-state index is 0.0215. The number of fused-ring (bicyclic) bond motifs is 3. The van der Waals surface area contributed by atoms with Crippen molar-refractivity contribution in [3.8, 4) is 0 Å². The molecule has 2 aliphatic carbocycles. The maximum absolute atomic E-state index is 12.9. The van der Waals surface area contributed by atoms with E-state index in [1.807, 2.05) is 0 Å². The second-order valence-corrected chi connectivity index (χ2v) is 8.90. The van der Waals surface area contributed by atoms with Crippen molar-refractivity contribution in [3.05, 3.63) is 27.1 Å². The molecule has 1 fully saturated rings. The van der Waals surface area contributed by atoms with Crippen LogP contribution in [0, 0.1) is 5.92 Å². The van der Waals surface area contributed by atoms with Crippen LogP contribution in [0.5, 0.6) is 0 Å². The number of hydrogen-bond donors (Lipinski definition) is 1. The van der Waals surface area contributed by atoms with Gasteiger partial charge in [0.15, 0.2) is 0 Å². The average Bonchev–Trinajstić information content (AvgIpc) is 3.02. The van der Waals surface area contributed by atoms with Gasteiger partial charge in [-0.15, -0.1) is 11.3 Å². The van der Waals surface area contributed by atoms with Gasteiger partial charge in [0.2, 0.25) is 5.91 Å². The summed E-state index contributed by atoms with van der Waals surface area (Å²) < 4.78 is 1.62. The van der Waals surface area contributed by atoms with Crippen LogP contribution in [-0.4, -0.2) is 21.5 Å². The Labute approximate surface area is 157 Å². The monoisotopic (exact) mass is 373 g/mol. The van der Waals surface area contributed by atoms with E-state index in [2.05, 4.69) is 17.2 Å². The summed E-state index contributed by atoms with van der Waals surface area (Å²) in [7, 11) is 0. The fraction of sp³-hybridized carbons (Fsp3) is 0.650. The van der Waals surface area contributed by atoms with Crippen LogP contribution in [0.25, 0.3) is 10.2 Å². The Kier molecular flexibility index (Phi) is 5.11. The lowest BCUT2D eigenvalue weighted by Gasteiger charge is -2.29. The molecule has 0 spiro atoms. The Balaban J connectivity index is 1.46. The fourth-order valence-electron chi connectivity index (χ4n) is 4.37. The van der Waals surface area contributed by atoms with Gasteiger partial charge in [-0.2, -0.15) is 0 Å². The van der Waals surface area contributed by atoms with Gasteiger partial charge in [0, 0.05) is 23.9 Å². The molecule has 1 saturated carbocycles. The molecule has 1 amide bonds. The van der Waals surface area contributed by atoms with Gasteiger partial charge in [-0.25, -0.2) is 4.98 Å². The summed E-state index contributed by atoms with van der Waals surface area (Å²) >= 11 is 1.67. The largest absolute Gasteiger partial charge is 0.353 e. The van der Waals surface area contributed by atoms with Gasteiger partial charge < -0.3 is 5.32 Å². The summed E-state index contributed by atoms with van der Waals surface area (Å²) in [6.45, 7) is 2.62. The molecule has 26 heavy (non-hydrogen) atoms. The molecule has 2 unspecified atom stereocenters. The highest BCUT2D eigenvalue weighted by Gasteiger charge is 2.23. The van der Waals surface area contributed by atoms with Crippen molar-refractivity contribution in [1.82, 2.24) is 14.9 Å². The van der Waals surface area contributed by atoms with Gasteiger partial charge in [0.05, 0.1) is 11.7 Å². The summed E-state index contributed by atoms with van der Waals surface area (Å²) in [5.74, 6) is 0.592. The number of hydrogen-bond acceptors (Lipinski definition) is 4. The molecule has 1 N–H and O–H groups in total. The molecule has 2 aromatic heterocycles. The van der Waals surface area contributed by atoms with E-state index in [0.717, 1.165) is 35.9 Å². The minimum Gasteiger partial charge on any atom is -0.353 e. The van der Waals surface area contributed by atoms with Gasteiger partial charge in [-0.3, -0.25) is 14.2 Å². The van der Waals surface area contributed by atoms with E-state index in [0.29, 0.717) is 18.9 Å². The second-order valence-electron chi connectivity index (χ2n) is 7.82. The Morgan fingerprint density at radius 2 is 2.08 bits per heavy atom. The first kappa shape index (κ1) is 17.7. The number of carbonyl (C=O) groups is 1. The molecule has 0 aliphatic heterocycles. The predicted molar refractivity (Wildman–Crippen MR) is 105 cm³/mol. The van der Waals surface area contributed by atoms with Crippen LogP contribution >= 0.6 is 11.3 Å². The molecule has 4 rings (SSSR count). The first-order valence-electron chi connectivity index (χ1n) is 9.92. The first-order chi connectivity index (χ1) is 12.6. The Morgan fingerprint density at radius 1 is 1.27 bits per heavy atom. The molecule has 0 bridgehead atoms. The second kappa shape index (κ2) is 7.51. The van der Waals surface area contributed by atoms with E-state index in [4.69, 9.17) is 0 Å². The highest BCUT2D eigenvalue weighted by molar-refractivity contribution is 7.18. The van der Waals surface area contributed by atoms with Crippen LogP contribution in [0.2, 0.25) is 0 Å². The van der Waals surface area contributed by atoms with Crippen molar-refractivity contribution >= 4 is 27.5 Å². The van der Waals surface area contributed by atoms with Gasteiger partial charge >= 0.3 is 0 Å². The molecule has 5 nitrogen and oxygen atoms in total. The maximum Gasteiger partial charge on any atom is 0.262 e. The summed E-state index contributed by atoms with van der Waals surface area (Å²) in [6, 6.07) is 0.289. The quantitative estimate of drug-likeness (QED) is 0.893. The Bertz CT molecular complexity index is 870. The zero-order valence-corrected chi connectivity index (χ0v) is 16.2. The van der Waals surface area contributed by atoms with Crippen molar-refractivity contribution < 1.29 is 4.79 Å². The van der Waals surface area contributed by atoms with Gasteiger partial charge in [-0.1, -0.05) is 19.8 Å². The van der Waals surface area contributed by atoms with Crippen molar-refractivity contribution in [2.75, 3.05) is 0 Å². The Hall–Kier alpha value is -1.69. The third kappa shape index (κ3) is 3.43. The molecule has 2 atom stereocenters. The topological polar surface area (TPSA) is 64.0 Å². The number of aromatic nitrogens is 2. The van der Waals surface area contributed by atoms with Crippen LogP contribution in [0.4, 0.5) is 0 Å². The number of carbonyl (C=O) groups excluding carboxylic acids is 1. The van der Waals surface area contributed by atoms with E-state index in [-0.39, 0.29) is 17.5 Å². The van der Waals surface area contributed by atoms with E-state index >= 15 is 0 Å². The summed E-state index contributed by atoms with van der Waals surface area (Å²) in [4.78, 5) is 32.0. The number of aryl methyl sites for hydroxylation is 3. The van der Waals surface area contributed by atoms with E-state index in [9.17, 15) is 9.59 Å². The third-order valence-electron chi connectivity index (χ3n) is 5.98. The van der Waals surface area contributed by atoms with Gasteiger partial charge in [-0.05, 0) is 50.0 Å². The zero-order chi connectivity index (χ0) is 18.1. The fourth-order valence-corrected chi connectivity index (χ4v) is 5.59. The van der Waals surface area contributed by atoms with E-state index < -0.39 is 0 Å². The van der Waals surface area contributed by atoms with Gasteiger partial charge in [0.1, 0.15) is 4.83 Å². The lowest BCUT2D eigenvalue weighted by Crippen LogP contribution is -2.41. The first-order valence-corrected chi connectivity index (χ1v) is 10.7. The van der Waals surface area contributed by atoms with Crippen LogP contribution in [0.1, 0.15) is 62.3 Å². The molecule has 2 heterocycles. The van der Waals surface area contributed by atoms with Gasteiger partial charge in [0.25, 0.3) is 5.56 Å². The van der Waals surface area contributed by atoms with E-state index in [1.165, 1.54) is 36.1 Å². The predicted octanol–water partition coefficient (Wildman–Crippen LogP) is 3.42. The molecular weight excluding hydrogens is 346 g/mol. The zero-order valence-electron chi connectivity index (χ0n) is 15.4. The number of thiophene rings is 1. The van der Waals surface area contributed by atoms with Crippen molar-refractivity contribution in [2.24, 2.45) is 5.92 Å². The van der Waals surface area contributed by atoms with E-state index in [1.54, 1.807) is 22.2 Å². The van der Waals surface area contributed by atoms with Crippen LogP contribution < -0.4 is 10.9 Å². The molecular formula is C20H27N3O2S. The number of nitrogens with one attached hydrogen (secondary N) is 1. The summed E-state index contributed by atoms with van der Waals surface area (Å²) in [5, 5.41) is 3.97. The lowest BCUT2D eigenvalue weighted by molar-refractivity contribution is -0.122. The number of nitrogens with zero attached hydrogens (tertiary/aromatic N) is 2. The summed E-state index contributed by atoms with van der Waals surface area (Å²) in [5.41, 5.74) is 1.23. The van der Waals surface area contributed by atoms with Crippen LogP contribution in [0.3, 0.4) is 0 Å². The molecule has 2 aliphatic rings. The number of rotatable bonds is 4. The normalized spacial score (nSPS) is 23.0. The molecule has 2 aromatic rings. The molecule has 0 radical (unpaired) electrons. The van der Waals surface area contributed by atoms with Crippen molar-refractivity contribution in [3.63, 3.8) is 0 Å². The minimum atomic E-state index is 0.0215. The standard InChI is InChI=1S/C20H27N3O2S/c1-13-6-2-4-8-15(13)22-17(24)10-11-23-12-21-19-18(20(23)25)14-7-3-5-9-16(14)26-19/h12-13,15H,2-11H2,1H3,(H,22,24). The average molecular weight is 374 g/mol. The van der Waals surface area contributed by atoms with Crippen molar-refractivity contribution in [2.45, 2.75) is 77.3 Å². The molecule has 0 saturated heterocycles. The Morgan fingerprint density at radius 3 is 2.92 bits per heavy atom. The molecule has 6 heteroatoms. The maximum atomic E-state index is 12.9. The van der Waals surface area contributed by atoms with Crippen molar-refractivity contribution in [1.29, 1.82) is 0 Å². The summed E-state index contributed by atoms with van der Waals surface area (Å²) in [6.07, 6.45) is 11.1. The van der Waals surface area contributed by atoms with Crippen LogP contribution in [0.15, 0.2) is 11.1 Å². The highest BCUT2D eigenvalue weighted by atomic mass is 32.1. The smallest absolute Gasteiger partial charge is 0.262 e. The number of amides is 1. The third-order valence-corrected chi connectivity index (χ3v) is 7.18. The highest BCUT2D eigenvalue weighted by Crippen LogP contribution is 2.33. The van der Waals surface area contributed by atoms with Crippen LogP contribution in [-0.2, 0) is 24.2 Å². The molecule has 0 aromatic carbocycles. The lowest BCUT2D eigenvalue weighted by atomic mass is 9.86. The SMILES string of the molecule is CC1CCCCC1NC(=O)CCn1cnc2sc3c(c2c1=O)CCCC3. The molecule has 140 valence electrons.